The molecule has 0 saturated carbocycles. The van der Waals surface area contributed by atoms with E-state index >= 15 is 0 Å². The van der Waals surface area contributed by atoms with Crippen LogP contribution in [0.4, 0.5) is 10.8 Å². The predicted octanol–water partition coefficient (Wildman–Crippen LogP) is 5.32. The van der Waals surface area contributed by atoms with Crippen molar-refractivity contribution in [2.75, 3.05) is 23.9 Å². The number of carbonyl (C=O) groups is 1. The summed E-state index contributed by atoms with van der Waals surface area (Å²) in [7, 11) is 1.74. The molecule has 3 heterocycles. The van der Waals surface area contributed by atoms with Gasteiger partial charge in [-0.2, -0.15) is 0 Å². The van der Waals surface area contributed by atoms with E-state index in [4.69, 9.17) is 9.72 Å². The number of para-hydroxylation sites is 1. The average molecular weight is 476 g/mol. The molecule has 1 saturated heterocycles. The number of methoxy groups -OCH3 is 1. The number of ether oxygens (including phenoxy) is 1. The number of anilines is 2. The van der Waals surface area contributed by atoms with Gasteiger partial charge in [0, 0.05) is 43.7 Å². The Bertz CT molecular complexity index is 1180. The number of aromatic nitrogens is 2. The molecule has 34 heavy (non-hydrogen) atoms. The molecule has 2 atom stereocenters. The zero-order valence-corrected chi connectivity index (χ0v) is 20.2. The van der Waals surface area contributed by atoms with Crippen molar-refractivity contribution in [2.24, 2.45) is 4.99 Å². The van der Waals surface area contributed by atoms with Gasteiger partial charge in [0.2, 0.25) is 0 Å². The molecular formula is C26H29N5O2S. The Balaban J connectivity index is 1.50. The van der Waals surface area contributed by atoms with E-state index < -0.39 is 0 Å². The summed E-state index contributed by atoms with van der Waals surface area (Å²) in [5, 5.41) is 5.56. The van der Waals surface area contributed by atoms with Crippen LogP contribution in [0, 0.1) is 0 Å². The van der Waals surface area contributed by atoms with E-state index in [9.17, 15) is 4.79 Å². The lowest BCUT2D eigenvalue weighted by atomic mass is 10.1. The molecule has 176 valence electrons. The molecule has 0 spiro atoms. The summed E-state index contributed by atoms with van der Waals surface area (Å²) in [5.74, 6) is -0.193. The van der Waals surface area contributed by atoms with Gasteiger partial charge in [-0.25, -0.2) is 4.98 Å². The molecule has 2 unspecified atom stereocenters. The highest BCUT2D eigenvalue weighted by molar-refractivity contribution is 7.14. The summed E-state index contributed by atoms with van der Waals surface area (Å²) < 4.78 is 7.69. The van der Waals surface area contributed by atoms with Crippen molar-refractivity contribution in [3.63, 3.8) is 0 Å². The summed E-state index contributed by atoms with van der Waals surface area (Å²) in [4.78, 5) is 23.9. The molecule has 1 amide bonds. The second-order valence-electron chi connectivity index (χ2n) is 7.95. The van der Waals surface area contributed by atoms with Crippen LogP contribution in [-0.4, -0.2) is 41.9 Å². The maximum atomic E-state index is 13.1. The second-order valence-corrected chi connectivity index (χ2v) is 8.81. The van der Waals surface area contributed by atoms with Crippen molar-refractivity contribution in [2.45, 2.75) is 32.0 Å². The molecule has 3 aromatic rings. The molecule has 1 N–H and O–H groups in total. The molecule has 8 heteroatoms. The fourth-order valence-electron chi connectivity index (χ4n) is 4.25. The zero-order chi connectivity index (χ0) is 23.9. The Labute approximate surface area is 204 Å². The highest BCUT2D eigenvalue weighted by Gasteiger charge is 2.37. The van der Waals surface area contributed by atoms with Crippen LogP contribution in [0.5, 0.6) is 0 Å². The second kappa shape index (κ2) is 11.1. The fraction of sp³-hybridized carbons (Fsp3) is 0.269. The normalized spacial score (nSPS) is 18.5. The van der Waals surface area contributed by atoms with E-state index in [1.165, 1.54) is 11.3 Å². The van der Waals surface area contributed by atoms with Crippen LogP contribution < -0.4 is 10.2 Å². The first kappa shape index (κ1) is 23.7. The monoisotopic (exact) mass is 475 g/mol. The maximum absolute atomic E-state index is 13.1. The van der Waals surface area contributed by atoms with Gasteiger partial charge >= 0.3 is 0 Å². The van der Waals surface area contributed by atoms with E-state index in [1.807, 2.05) is 65.6 Å². The molecule has 0 radical (unpaired) electrons. The molecular weight excluding hydrogens is 446 g/mol. The number of hydrogen-bond donors (Lipinski definition) is 1. The van der Waals surface area contributed by atoms with E-state index in [1.54, 1.807) is 13.3 Å². The first-order valence-corrected chi connectivity index (χ1v) is 12.1. The summed E-state index contributed by atoms with van der Waals surface area (Å²) in [6.07, 6.45) is 8.37. The van der Waals surface area contributed by atoms with Crippen molar-refractivity contribution >= 4 is 34.8 Å². The molecule has 1 aromatic carbocycles. The van der Waals surface area contributed by atoms with Gasteiger partial charge in [0.25, 0.3) is 5.91 Å². The number of nitrogens with one attached hydrogen (secondary N) is 1. The smallest absolute Gasteiger partial charge is 0.274 e. The molecule has 4 rings (SSSR count). The van der Waals surface area contributed by atoms with Gasteiger partial charge in [0.05, 0.1) is 17.8 Å². The average Bonchev–Trinajstić information content (AvgIpc) is 3.61. The van der Waals surface area contributed by atoms with Crippen LogP contribution >= 0.6 is 11.3 Å². The number of hydrogen-bond acceptors (Lipinski definition) is 6. The van der Waals surface area contributed by atoms with Gasteiger partial charge in [-0.05, 0) is 56.0 Å². The molecule has 7 nitrogen and oxygen atoms in total. The quantitative estimate of drug-likeness (QED) is 0.336. The Morgan fingerprint density at radius 2 is 2.15 bits per heavy atom. The SMILES string of the molecule is C=N/C=C\C(=C/C)Cn1cccc1C(=O)Nc1nc(C2C(OC)CCN2c2ccccc2)cs1. The number of thiazole rings is 1. The van der Waals surface area contributed by atoms with Gasteiger partial charge in [-0.1, -0.05) is 24.3 Å². The zero-order valence-electron chi connectivity index (χ0n) is 19.4. The lowest BCUT2D eigenvalue weighted by Crippen LogP contribution is -2.28. The molecule has 2 aromatic heterocycles. The van der Waals surface area contributed by atoms with Crippen molar-refractivity contribution in [3.8, 4) is 0 Å². The highest BCUT2D eigenvalue weighted by Crippen LogP contribution is 2.38. The number of rotatable bonds is 9. The Morgan fingerprint density at radius 1 is 1.32 bits per heavy atom. The van der Waals surface area contributed by atoms with Crippen LogP contribution in [0.2, 0.25) is 0 Å². The third-order valence-corrected chi connectivity index (χ3v) is 6.73. The van der Waals surface area contributed by atoms with Crippen LogP contribution in [-0.2, 0) is 11.3 Å². The van der Waals surface area contributed by atoms with Gasteiger partial charge in [-0.15, -0.1) is 11.3 Å². The predicted molar refractivity (Wildman–Crippen MR) is 139 cm³/mol. The number of benzene rings is 1. The molecule has 0 bridgehead atoms. The number of allylic oxidation sites excluding steroid dienone is 3. The lowest BCUT2D eigenvalue weighted by molar-refractivity contribution is 0.0946. The van der Waals surface area contributed by atoms with Crippen LogP contribution in [0.3, 0.4) is 0 Å². The van der Waals surface area contributed by atoms with Crippen molar-refractivity contribution in [3.05, 3.63) is 89.4 Å². The minimum Gasteiger partial charge on any atom is -0.379 e. The van der Waals surface area contributed by atoms with E-state index in [0.717, 1.165) is 29.9 Å². The highest BCUT2D eigenvalue weighted by atomic mass is 32.1. The van der Waals surface area contributed by atoms with E-state index in [0.29, 0.717) is 17.4 Å². The topological polar surface area (TPSA) is 71.8 Å². The lowest BCUT2D eigenvalue weighted by Gasteiger charge is -2.28. The van der Waals surface area contributed by atoms with E-state index in [2.05, 4.69) is 34.1 Å². The minimum atomic E-state index is -0.193. The standard InChI is InChI=1S/C26H29N5O2S/c1-4-19(12-14-27-2)17-30-15-8-11-22(30)25(32)29-26-28-21(18-34-26)24-23(33-3)13-16-31(24)20-9-6-5-7-10-20/h4-12,14-15,18,23-24H,2,13,16-17H2,1,3H3,(H,28,29,32)/b14-12-,19-4+. The third kappa shape index (κ3) is 5.18. The number of aliphatic imine (C=N–C) groups is 1. The van der Waals surface area contributed by atoms with Crippen LogP contribution in [0.1, 0.15) is 35.6 Å². The molecule has 1 aliphatic rings. The Kier molecular flexibility index (Phi) is 7.72. The van der Waals surface area contributed by atoms with Crippen LogP contribution in [0.15, 0.2) is 83.0 Å². The maximum Gasteiger partial charge on any atom is 0.274 e. The Hall–Kier alpha value is -3.49. The summed E-state index contributed by atoms with van der Waals surface area (Å²) in [5.41, 5.74) is 3.64. The van der Waals surface area contributed by atoms with Gasteiger partial charge in [0.15, 0.2) is 5.13 Å². The van der Waals surface area contributed by atoms with Gasteiger partial charge in [-0.3, -0.25) is 15.1 Å². The van der Waals surface area contributed by atoms with Crippen molar-refractivity contribution in [1.82, 2.24) is 9.55 Å². The molecule has 1 fully saturated rings. The first-order chi connectivity index (χ1) is 16.6. The van der Waals surface area contributed by atoms with Crippen LogP contribution in [0.25, 0.3) is 0 Å². The first-order valence-electron chi connectivity index (χ1n) is 11.2. The third-order valence-electron chi connectivity index (χ3n) is 5.96. The van der Waals surface area contributed by atoms with Gasteiger partial charge in [0.1, 0.15) is 5.69 Å². The number of carbonyl (C=O) groups excluding carboxylic acids is 1. The summed E-state index contributed by atoms with van der Waals surface area (Å²) in [6.45, 7) is 6.88. The number of amides is 1. The largest absolute Gasteiger partial charge is 0.379 e. The molecule has 1 aliphatic heterocycles. The van der Waals surface area contributed by atoms with E-state index in [-0.39, 0.29) is 18.1 Å². The molecule has 0 aliphatic carbocycles. The summed E-state index contributed by atoms with van der Waals surface area (Å²) in [6, 6.07) is 14.0. The Morgan fingerprint density at radius 3 is 2.88 bits per heavy atom. The number of nitrogens with zero attached hydrogens (tertiary/aromatic N) is 4. The summed E-state index contributed by atoms with van der Waals surface area (Å²) >= 11 is 1.43. The fourth-order valence-corrected chi connectivity index (χ4v) is 4.99. The van der Waals surface area contributed by atoms with Gasteiger partial charge < -0.3 is 14.2 Å². The minimum absolute atomic E-state index is 0.000620. The van der Waals surface area contributed by atoms with Crippen molar-refractivity contribution in [1.29, 1.82) is 0 Å². The van der Waals surface area contributed by atoms with Crippen molar-refractivity contribution < 1.29 is 9.53 Å².